The standard InChI is InChI=1S/C20H26N2O2/c1-22(16-19(23)21-14-9-15-24-2)20(17-10-5-3-6-11-17)18-12-7-4-8-13-18/h3-8,10-13,20H,9,14-16H2,1-2H3,(H,21,23). The maximum Gasteiger partial charge on any atom is 0.234 e. The van der Waals surface area contributed by atoms with E-state index in [1.54, 1.807) is 7.11 Å². The van der Waals surface area contributed by atoms with E-state index in [0.29, 0.717) is 19.7 Å². The number of rotatable bonds is 9. The molecule has 4 nitrogen and oxygen atoms in total. The summed E-state index contributed by atoms with van der Waals surface area (Å²) in [7, 11) is 3.65. The number of hydrogen-bond acceptors (Lipinski definition) is 3. The lowest BCUT2D eigenvalue weighted by Crippen LogP contribution is -2.38. The average Bonchev–Trinajstić information content (AvgIpc) is 2.61. The zero-order valence-electron chi connectivity index (χ0n) is 14.4. The van der Waals surface area contributed by atoms with Crippen LogP contribution in [0.4, 0.5) is 0 Å². The summed E-state index contributed by atoms with van der Waals surface area (Å²) in [6.07, 6.45) is 0.826. The molecule has 128 valence electrons. The zero-order chi connectivity index (χ0) is 17.2. The maximum absolute atomic E-state index is 12.2. The molecule has 1 amide bonds. The van der Waals surface area contributed by atoms with Gasteiger partial charge in [-0.2, -0.15) is 0 Å². The molecule has 0 aliphatic carbocycles. The fourth-order valence-corrected chi connectivity index (χ4v) is 2.79. The van der Waals surface area contributed by atoms with Crippen LogP contribution in [0.15, 0.2) is 60.7 Å². The van der Waals surface area contributed by atoms with E-state index in [9.17, 15) is 4.79 Å². The van der Waals surface area contributed by atoms with Gasteiger partial charge in [-0.05, 0) is 24.6 Å². The highest BCUT2D eigenvalue weighted by Crippen LogP contribution is 2.27. The second kappa shape index (κ2) is 9.85. The largest absolute Gasteiger partial charge is 0.385 e. The maximum atomic E-state index is 12.2. The third kappa shape index (κ3) is 5.48. The van der Waals surface area contributed by atoms with E-state index in [1.165, 1.54) is 11.1 Å². The van der Waals surface area contributed by atoms with E-state index in [1.807, 2.05) is 43.4 Å². The van der Waals surface area contributed by atoms with Gasteiger partial charge in [-0.1, -0.05) is 60.7 Å². The molecule has 0 atom stereocenters. The number of methoxy groups -OCH3 is 1. The molecule has 0 bridgehead atoms. The van der Waals surface area contributed by atoms with Crippen LogP contribution in [0.25, 0.3) is 0 Å². The molecule has 0 saturated heterocycles. The number of nitrogens with zero attached hydrogens (tertiary/aromatic N) is 1. The lowest BCUT2D eigenvalue weighted by molar-refractivity contribution is -0.122. The van der Waals surface area contributed by atoms with Crippen LogP contribution in [-0.2, 0) is 9.53 Å². The minimum atomic E-state index is 0.0328. The van der Waals surface area contributed by atoms with Crippen molar-refractivity contribution in [2.45, 2.75) is 12.5 Å². The Bertz CT molecular complexity index is 562. The van der Waals surface area contributed by atoms with Crippen molar-refractivity contribution < 1.29 is 9.53 Å². The molecule has 2 aromatic rings. The second-order valence-corrected chi connectivity index (χ2v) is 5.84. The Morgan fingerprint density at radius 3 is 2.08 bits per heavy atom. The molecule has 0 radical (unpaired) electrons. The van der Waals surface area contributed by atoms with Crippen molar-refractivity contribution >= 4 is 5.91 Å². The SMILES string of the molecule is COCCCNC(=O)CN(C)C(c1ccccc1)c1ccccc1. The average molecular weight is 326 g/mol. The van der Waals surface area contributed by atoms with E-state index >= 15 is 0 Å². The van der Waals surface area contributed by atoms with E-state index < -0.39 is 0 Å². The summed E-state index contributed by atoms with van der Waals surface area (Å²) in [6.45, 7) is 1.65. The van der Waals surface area contributed by atoms with Gasteiger partial charge < -0.3 is 10.1 Å². The van der Waals surface area contributed by atoms with E-state index in [0.717, 1.165) is 6.42 Å². The predicted molar refractivity (Wildman–Crippen MR) is 96.9 cm³/mol. The van der Waals surface area contributed by atoms with Gasteiger partial charge in [0.2, 0.25) is 5.91 Å². The van der Waals surface area contributed by atoms with Gasteiger partial charge in [0.05, 0.1) is 12.6 Å². The molecule has 0 aromatic heterocycles. The number of ether oxygens (including phenoxy) is 1. The van der Waals surface area contributed by atoms with Crippen LogP contribution in [0.1, 0.15) is 23.6 Å². The minimum absolute atomic E-state index is 0.0328. The Balaban J connectivity index is 2.06. The van der Waals surface area contributed by atoms with Crippen LogP contribution in [0, 0.1) is 0 Å². The highest BCUT2D eigenvalue weighted by molar-refractivity contribution is 5.78. The van der Waals surface area contributed by atoms with Gasteiger partial charge in [-0.25, -0.2) is 0 Å². The molecule has 0 aliphatic rings. The lowest BCUT2D eigenvalue weighted by Gasteiger charge is -2.28. The Morgan fingerprint density at radius 1 is 1.04 bits per heavy atom. The van der Waals surface area contributed by atoms with Crippen LogP contribution in [0.3, 0.4) is 0 Å². The van der Waals surface area contributed by atoms with Gasteiger partial charge in [0.15, 0.2) is 0 Å². The van der Waals surface area contributed by atoms with Gasteiger partial charge in [-0.15, -0.1) is 0 Å². The predicted octanol–water partition coefficient (Wildman–Crippen LogP) is 2.86. The van der Waals surface area contributed by atoms with Gasteiger partial charge in [0.1, 0.15) is 0 Å². The molecule has 0 spiro atoms. The molecule has 0 saturated carbocycles. The summed E-state index contributed by atoms with van der Waals surface area (Å²) >= 11 is 0. The second-order valence-electron chi connectivity index (χ2n) is 5.84. The van der Waals surface area contributed by atoms with E-state index in [4.69, 9.17) is 4.74 Å². The van der Waals surface area contributed by atoms with Crippen LogP contribution < -0.4 is 5.32 Å². The van der Waals surface area contributed by atoms with Gasteiger partial charge in [0.25, 0.3) is 0 Å². The molecule has 0 heterocycles. The first-order chi connectivity index (χ1) is 11.7. The number of carbonyl (C=O) groups excluding carboxylic acids is 1. The minimum Gasteiger partial charge on any atom is -0.385 e. The first-order valence-corrected chi connectivity index (χ1v) is 8.28. The van der Waals surface area contributed by atoms with Crippen LogP contribution in [0.2, 0.25) is 0 Å². The Kier molecular flexibility index (Phi) is 7.46. The summed E-state index contributed by atoms with van der Waals surface area (Å²) < 4.78 is 5.00. The Labute approximate surface area is 144 Å². The summed E-state index contributed by atoms with van der Waals surface area (Å²) in [6, 6.07) is 20.6. The van der Waals surface area contributed by atoms with Crippen molar-refractivity contribution in [3.8, 4) is 0 Å². The summed E-state index contributed by atoms with van der Waals surface area (Å²) in [5, 5.41) is 2.95. The number of likely N-dealkylation sites (N-methyl/N-ethyl adjacent to an activating group) is 1. The number of hydrogen-bond donors (Lipinski definition) is 1. The fraction of sp³-hybridized carbons (Fsp3) is 0.350. The Morgan fingerprint density at radius 2 is 1.58 bits per heavy atom. The summed E-state index contributed by atoms with van der Waals surface area (Å²) in [4.78, 5) is 14.3. The molecule has 1 N–H and O–H groups in total. The molecule has 0 unspecified atom stereocenters. The van der Waals surface area contributed by atoms with Crippen molar-refractivity contribution in [1.82, 2.24) is 10.2 Å². The van der Waals surface area contributed by atoms with Crippen LogP contribution >= 0.6 is 0 Å². The molecule has 2 aromatic carbocycles. The van der Waals surface area contributed by atoms with Crippen LogP contribution in [-0.4, -0.2) is 44.7 Å². The van der Waals surface area contributed by atoms with Crippen molar-refractivity contribution in [2.24, 2.45) is 0 Å². The lowest BCUT2D eigenvalue weighted by atomic mass is 9.97. The Hall–Kier alpha value is -2.17. The third-order valence-electron chi connectivity index (χ3n) is 3.91. The highest BCUT2D eigenvalue weighted by atomic mass is 16.5. The van der Waals surface area contributed by atoms with Gasteiger partial charge in [0, 0.05) is 20.3 Å². The first-order valence-electron chi connectivity index (χ1n) is 8.28. The van der Waals surface area contributed by atoms with Crippen molar-refractivity contribution in [2.75, 3.05) is 33.9 Å². The van der Waals surface area contributed by atoms with E-state index in [2.05, 4.69) is 34.5 Å². The quantitative estimate of drug-likeness (QED) is 0.721. The van der Waals surface area contributed by atoms with E-state index in [-0.39, 0.29) is 11.9 Å². The number of benzene rings is 2. The van der Waals surface area contributed by atoms with Crippen molar-refractivity contribution in [3.05, 3.63) is 71.8 Å². The molecular formula is C20H26N2O2. The molecule has 24 heavy (non-hydrogen) atoms. The normalized spacial score (nSPS) is 11.0. The fourth-order valence-electron chi connectivity index (χ4n) is 2.79. The summed E-state index contributed by atoms with van der Waals surface area (Å²) in [5.74, 6) is 0.0328. The summed E-state index contributed by atoms with van der Waals surface area (Å²) in [5.41, 5.74) is 2.36. The third-order valence-corrected chi connectivity index (χ3v) is 3.91. The topological polar surface area (TPSA) is 41.6 Å². The molecule has 2 rings (SSSR count). The molecule has 0 aliphatic heterocycles. The smallest absolute Gasteiger partial charge is 0.234 e. The number of amides is 1. The van der Waals surface area contributed by atoms with Gasteiger partial charge in [-0.3, -0.25) is 9.69 Å². The van der Waals surface area contributed by atoms with Crippen molar-refractivity contribution in [3.63, 3.8) is 0 Å². The van der Waals surface area contributed by atoms with Gasteiger partial charge >= 0.3 is 0 Å². The zero-order valence-corrected chi connectivity index (χ0v) is 14.4. The molecular weight excluding hydrogens is 300 g/mol. The number of carbonyl (C=O) groups is 1. The monoisotopic (exact) mass is 326 g/mol. The number of nitrogens with one attached hydrogen (secondary N) is 1. The van der Waals surface area contributed by atoms with Crippen LogP contribution in [0.5, 0.6) is 0 Å². The molecule has 4 heteroatoms. The molecule has 0 fully saturated rings. The van der Waals surface area contributed by atoms with Crippen molar-refractivity contribution in [1.29, 1.82) is 0 Å². The first kappa shape index (κ1) is 18.2. The highest BCUT2D eigenvalue weighted by Gasteiger charge is 2.20.